The molecule has 1 aromatic heterocycles. The second-order valence-corrected chi connectivity index (χ2v) is 5.60. The molecule has 2 aromatic rings. The minimum absolute atomic E-state index is 0.0162. The molecule has 3 N–H and O–H groups in total. The maximum Gasteiger partial charge on any atom is 0.251 e. The summed E-state index contributed by atoms with van der Waals surface area (Å²) >= 11 is 0. The summed E-state index contributed by atoms with van der Waals surface area (Å²) in [5.41, 5.74) is 1.66. The van der Waals surface area contributed by atoms with Gasteiger partial charge in [-0.25, -0.2) is 0 Å². The molecule has 1 aromatic carbocycles. The first-order valence-electron chi connectivity index (χ1n) is 6.77. The number of carbonyl (C=O) groups excluding carboxylic acids is 1. The highest BCUT2D eigenvalue weighted by atomic mass is 16.1. The Labute approximate surface area is 110 Å². The first-order valence-corrected chi connectivity index (χ1v) is 6.77. The van der Waals surface area contributed by atoms with Gasteiger partial charge in [-0.05, 0) is 43.5 Å². The van der Waals surface area contributed by atoms with Gasteiger partial charge in [0.15, 0.2) is 0 Å². The molecule has 2 fully saturated rings. The van der Waals surface area contributed by atoms with E-state index in [1.165, 1.54) is 6.42 Å². The number of nitrogens with one attached hydrogen (secondary N) is 3. The Morgan fingerprint density at radius 3 is 3.11 bits per heavy atom. The standard InChI is InChI=1S/C14H16N4O/c19-14(17-13-4-8-3-12(13)15-6-8)9-1-2-11-10(5-9)7-16-18-11/h1-2,5,7-8,12-13,15H,3-4,6H2,(H,16,18)(H,17,19). The number of nitrogens with zero attached hydrogens (tertiary/aromatic N) is 1. The predicted molar refractivity (Wildman–Crippen MR) is 71.9 cm³/mol. The number of aromatic nitrogens is 2. The van der Waals surface area contributed by atoms with Crippen molar-refractivity contribution in [3.63, 3.8) is 0 Å². The van der Waals surface area contributed by atoms with Crippen LogP contribution in [0, 0.1) is 5.92 Å². The minimum Gasteiger partial charge on any atom is -0.348 e. The van der Waals surface area contributed by atoms with Crippen LogP contribution >= 0.6 is 0 Å². The molecule has 19 heavy (non-hydrogen) atoms. The summed E-state index contributed by atoms with van der Waals surface area (Å²) in [6.07, 6.45) is 4.05. The van der Waals surface area contributed by atoms with Crippen LogP contribution < -0.4 is 10.6 Å². The van der Waals surface area contributed by atoms with Crippen LogP contribution in [-0.2, 0) is 0 Å². The van der Waals surface area contributed by atoms with Gasteiger partial charge in [-0.15, -0.1) is 0 Å². The van der Waals surface area contributed by atoms with Crippen molar-refractivity contribution in [2.45, 2.75) is 24.9 Å². The zero-order valence-electron chi connectivity index (χ0n) is 10.5. The Morgan fingerprint density at radius 1 is 1.37 bits per heavy atom. The molecule has 5 heteroatoms. The van der Waals surface area contributed by atoms with Crippen molar-refractivity contribution in [3.05, 3.63) is 30.0 Å². The summed E-state index contributed by atoms with van der Waals surface area (Å²) in [6.45, 7) is 1.11. The van der Waals surface area contributed by atoms with Gasteiger partial charge in [-0.3, -0.25) is 9.89 Å². The quantitative estimate of drug-likeness (QED) is 0.752. The van der Waals surface area contributed by atoms with Gasteiger partial charge in [-0.2, -0.15) is 5.10 Å². The van der Waals surface area contributed by atoms with Crippen LogP contribution in [0.4, 0.5) is 0 Å². The third-order valence-electron chi connectivity index (χ3n) is 4.35. The molecule has 2 aliphatic rings. The molecule has 0 spiro atoms. The number of benzene rings is 1. The van der Waals surface area contributed by atoms with Gasteiger partial charge in [0.25, 0.3) is 5.91 Å². The predicted octanol–water partition coefficient (Wildman–Crippen LogP) is 1.04. The van der Waals surface area contributed by atoms with Crippen LogP contribution in [0.15, 0.2) is 24.4 Å². The Morgan fingerprint density at radius 2 is 2.32 bits per heavy atom. The van der Waals surface area contributed by atoms with Crippen molar-refractivity contribution in [1.82, 2.24) is 20.8 Å². The monoisotopic (exact) mass is 256 g/mol. The Hall–Kier alpha value is -1.88. The second kappa shape index (κ2) is 4.06. The van der Waals surface area contributed by atoms with Crippen molar-refractivity contribution in [1.29, 1.82) is 0 Å². The summed E-state index contributed by atoms with van der Waals surface area (Å²) in [5, 5.41) is 14.4. The van der Waals surface area contributed by atoms with Gasteiger partial charge in [0.1, 0.15) is 0 Å². The molecule has 4 rings (SSSR count). The third-order valence-corrected chi connectivity index (χ3v) is 4.35. The fraction of sp³-hybridized carbons (Fsp3) is 0.429. The SMILES string of the molecule is O=C(NC1CC2CNC1C2)c1ccc2[nH]ncc2c1. The van der Waals surface area contributed by atoms with Crippen LogP contribution in [-0.4, -0.2) is 34.7 Å². The van der Waals surface area contributed by atoms with E-state index in [4.69, 9.17) is 0 Å². The lowest BCUT2D eigenvalue weighted by Gasteiger charge is -2.24. The number of hydrogen-bond acceptors (Lipinski definition) is 3. The Bertz CT molecular complexity index is 635. The van der Waals surface area contributed by atoms with E-state index in [0.29, 0.717) is 11.6 Å². The number of carbonyl (C=O) groups is 1. The largest absolute Gasteiger partial charge is 0.348 e. The van der Waals surface area contributed by atoms with Crippen molar-refractivity contribution in [2.75, 3.05) is 6.54 Å². The fourth-order valence-corrected chi connectivity index (χ4v) is 3.35. The second-order valence-electron chi connectivity index (χ2n) is 5.60. The van der Waals surface area contributed by atoms with Crippen LogP contribution in [0.3, 0.4) is 0 Å². The minimum atomic E-state index is 0.0162. The highest BCUT2D eigenvalue weighted by molar-refractivity contribution is 5.98. The zero-order chi connectivity index (χ0) is 12.8. The van der Waals surface area contributed by atoms with Gasteiger partial charge in [-0.1, -0.05) is 0 Å². The van der Waals surface area contributed by atoms with E-state index in [-0.39, 0.29) is 11.9 Å². The maximum absolute atomic E-state index is 12.3. The van der Waals surface area contributed by atoms with Crippen molar-refractivity contribution < 1.29 is 4.79 Å². The third kappa shape index (κ3) is 1.81. The molecule has 1 saturated carbocycles. The average molecular weight is 256 g/mol. The normalized spacial score (nSPS) is 28.9. The van der Waals surface area contributed by atoms with Gasteiger partial charge in [0.2, 0.25) is 0 Å². The lowest BCUT2D eigenvalue weighted by molar-refractivity contribution is 0.0928. The molecule has 0 radical (unpaired) electrons. The molecule has 98 valence electrons. The summed E-state index contributed by atoms with van der Waals surface area (Å²) in [6, 6.07) is 6.37. The number of rotatable bonds is 2. The lowest BCUT2D eigenvalue weighted by Crippen LogP contribution is -2.47. The van der Waals surface area contributed by atoms with Crippen LogP contribution in [0.5, 0.6) is 0 Å². The maximum atomic E-state index is 12.3. The van der Waals surface area contributed by atoms with Gasteiger partial charge in [0.05, 0.1) is 11.7 Å². The average Bonchev–Trinajstić information content (AvgIpc) is 3.13. The van der Waals surface area contributed by atoms with E-state index in [1.807, 2.05) is 18.2 Å². The van der Waals surface area contributed by atoms with E-state index in [2.05, 4.69) is 20.8 Å². The molecule has 1 amide bonds. The van der Waals surface area contributed by atoms with Crippen molar-refractivity contribution in [2.24, 2.45) is 5.92 Å². The molecule has 1 saturated heterocycles. The molecular formula is C14H16N4O. The van der Waals surface area contributed by atoms with Gasteiger partial charge in [0, 0.05) is 23.0 Å². The summed E-state index contributed by atoms with van der Waals surface area (Å²) in [5.74, 6) is 0.758. The first kappa shape index (κ1) is 11.0. The van der Waals surface area contributed by atoms with Gasteiger partial charge >= 0.3 is 0 Å². The van der Waals surface area contributed by atoms with E-state index >= 15 is 0 Å². The van der Waals surface area contributed by atoms with Crippen LogP contribution in [0.25, 0.3) is 10.9 Å². The van der Waals surface area contributed by atoms with Crippen LogP contribution in [0.2, 0.25) is 0 Å². The number of H-pyrrole nitrogens is 1. The lowest BCUT2D eigenvalue weighted by atomic mass is 10.1. The first-order chi connectivity index (χ1) is 9.29. The molecule has 2 bridgehead atoms. The van der Waals surface area contributed by atoms with E-state index in [1.54, 1.807) is 6.20 Å². The highest BCUT2D eigenvalue weighted by Crippen LogP contribution is 2.31. The Kier molecular flexibility index (Phi) is 2.35. The van der Waals surface area contributed by atoms with E-state index < -0.39 is 0 Å². The number of piperidine rings is 1. The Balaban J connectivity index is 1.53. The van der Waals surface area contributed by atoms with Crippen molar-refractivity contribution in [3.8, 4) is 0 Å². The number of amides is 1. The number of hydrogen-bond donors (Lipinski definition) is 3. The molecule has 3 unspecified atom stereocenters. The van der Waals surface area contributed by atoms with E-state index in [0.717, 1.165) is 29.8 Å². The zero-order valence-corrected chi connectivity index (χ0v) is 10.5. The van der Waals surface area contributed by atoms with Crippen LogP contribution in [0.1, 0.15) is 23.2 Å². The topological polar surface area (TPSA) is 69.8 Å². The molecule has 3 atom stereocenters. The molecule has 1 aliphatic carbocycles. The summed E-state index contributed by atoms with van der Waals surface area (Å²) in [4.78, 5) is 12.3. The summed E-state index contributed by atoms with van der Waals surface area (Å²) < 4.78 is 0. The molecule has 5 nitrogen and oxygen atoms in total. The molecular weight excluding hydrogens is 240 g/mol. The highest BCUT2D eigenvalue weighted by Gasteiger charge is 2.39. The number of fused-ring (bicyclic) bond motifs is 3. The number of aromatic amines is 1. The molecule has 2 heterocycles. The van der Waals surface area contributed by atoms with Crippen molar-refractivity contribution >= 4 is 16.8 Å². The fourth-order valence-electron chi connectivity index (χ4n) is 3.35. The van der Waals surface area contributed by atoms with E-state index in [9.17, 15) is 4.79 Å². The smallest absolute Gasteiger partial charge is 0.251 e. The summed E-state index contributed by atoms with van der Waals surface area (Å²) in [7, 11) is 0. The van der Waals surface area contributed by atoms with Gasteiger partial charge < -0.3 is 10.6 Å². The molecule has 1 aliphatic heterocycles.